The number of carbonyl (C=O) groups is 1. The molecule has 0 aromatic rings. The Hall–Kier alpha value is -1.30. The lowest BCUT2D eigenvalue weighted by Gasteiger charge is -2.21. The molecule has 0 bridgehead atoms. The Balaban J connectivity index is 4.16. The third-order valence-electron chi connectivity index (χ3n) is 2.50. The van der Waals surface area contributed by atoms with Crippen molar-refractivity contribution in [3.63, 3.8) is 0 Å². The van der Waals surface area contributed by atoms with Crippen LogP contribution in [0.15, 0.2) is 5.16 Å². The van der Waals surface area contributed by atoms with Crippen LogP contribution in [0.4, 0.5) is 0 Å². The van der Waals surface area contributed by atoms with Crippen LogP contribution in [0.25, 0.3) is 0 Å². The van der Waals surface area contributed by atoms with Crippen molar-refractivity contribution in [2.24, 2.45) is 10.9 Å². The minimum absolute atomic E-state index is 0.0224. The zero-order chi connectivity index (χ0) is 12.6. The highest BCUT2D eigenvalue weighted by atomic mass is 16.4. The van der Waals surface area contributed by atoms with Crippen LogP contribution < -0.4 is 11.1 Å². The summed E-state index contributed by atoms with van der Waals surface area (Å²) >= 11 is 0. The molecule has 0 saturated carbocycles. The number of hydrogen-bond donors (Lipinski definition) is 3. The van der Waals surface area contributed by atoms with Crippen LogP contribution in [0.2, 0.25) is 0 Å². The van der Waals surface area contributed by atoms with Crippen LogP contribution in [-0.2, 0) is 4.79 Å². The fourth-order valence-electron chi connectivity index (χ4n) is 1.43. The molecule has 1 amide bonds. The second kappa shape index (κ2) is 7.92. The normalized spacial score (nSPS) is 13.6. The summed E-state index contributed by atoms with van der Waals surface area (Å²) in [5.74, 6) is 0.129. The molecule has 0 fully saturated rings. The number of amides is 1. The molecule has 0 aliphatic heterocycles. The van der Waals surface area contributed by atoms with Gasteiger partial charge in [-0.3, -0.25) is 10.1 Å². The minimum atomic E-state index is -0.260. The van der Waals surface area contributed by atoms with Crippen LogP contribution >= 0.6 is 0 Å². The van der Waals surface area contributed by atoms with E-state index in [4.69, 9.17) is 10.9 Å². The number of nitrogens with zero attached hydrogens (tertiary/aromatic N) is 2. The summed E-state index contributed by atoms with van der Waals surface area (Å²) in [7, 11) is 0. The first-order chi connectivity index (χ1) is 7.60. The lowest BCUT2D eigenvalue weighted by molar-refractivity contribution is -0.129. The van der Waals surface area contributed by atoms with Gasteiger partial charge in [-0.15, -0.1) is 0 Å². The van der Waals surface area contributed by atoms with Gasteiger partial charge in [0.05, 0.1) is 12.6 Å². The van der Waals surface area contributed by atoms with E-state index in [1.165, 1.54) is 0 Å². The Bertz CT molecular complexity index is 239. The van der Waals surface area contributed by atoms with Crippen LogP contribution in [0.5, 0.6) is 0 Å². The summed E-state index contributed by atoms with van der Waals surface area (Å²) in [4.78, 5) is 13.4. The first-order valence-electron chi connectivity index (χ1n) is 5.59. The fraction of sp³-hybridized carbons (Fsp3) is 0.800. The summed E-state index contributed by atoms with van der Waals surface area (Å²) < 4.78 is 0. The number of likely N-dealkylation sites (N-methyl/N-ethyl adjacent to an activating group) is 1. The van der Waals surface area contributed by atoms with Crippen molar-refractivity contribution in [1.82, 2.24) is 10.2 Å². The van der Waals surface area contributed by atoms with Gasteiger partial charge < -0.3 is 15.8 Å². The van der Waals surface area contributed by atoms with Crippen LogP contribution in [0.1, 0.15) is 27.2 Å². The molecule has 16 heavy (non-hydrogen) atoms. The molecule has 4 N–H and O–H groups in total. The molecule has 0 heterocycles. The molecule has 0 radical (unpaired) electrons. The highest BCUT2D eigenvalue weighted by Gasteiger charge is 2.14. The van der Waals surface area contributed by atoms with Gasteiger partial charge in [0.15, 0.2) is 5.84 Å². The van der Waals surface area contributed by atoms with Gasteiger partial charge in [0, 0.05) is 13.1 Å². The SMILES string of the molecule is CCC(NCC(=O)N(CC)CC)C(N)=NO. The molecule has 6 heteroatoms. The molecule has 0 aliphatic rings. The van der Waals surface area contributed by atoms with Gasteiger partial charge in [0.25, 0.3) is 0 Å². The standard InChI is InChI=1S/C10H22N4O2/c1-4-8(10(11)13-16)12-7-9(15)14(5-2)6-3/h8,12,16H,4-7H2,1-3H3,(H2,11,13). The Labute approximate surface area is 96.5 Å². The molecule has 94 valence electrons. The van der Waals surface area contributed by atoms with Gasteiger partial charge in [-0.25, -0.2) is 0 Å². The molecule has 1 unspecified atom stereocenters. The second-order valence-electron chi connectivity index (χ2n) is 3.43. The molecule has 0 rings (SSSR count). The summed E-state index contributed by atoms with van der Waals surface area (Å²) in [5.41, 5.74) is 5.47. The van der Waals surface area contributed by atoms with E-state index in [-0.39, 0.29) is 24.3 Å². The largest absolute Gasteiger partial charge is 0.409 e. The summed E-state index contributed by atoms with van der Waals surface area (Å²) in [5, 5.41) is 14.4. The van der Waals surface area contributed by atoms with Crippen molar-refractivity contribution in [2.45, 2.75) is 33.2 Å². The monoisotopic (exact) mass is 230 g/mol. The maximum Gasteiger partial charge on any atom is 0.236 e. The van der Waals surface area contributed by atoms with E-state index >= 15 is 0 Å². The lowest BCUT2D eigenvalue weighted by Crippen LogP contribution is -2.46. The number of nitrogens with one attached hydrogen (secondary N) is 1. The van der Waals surface area contributed by atoms with Crippen molar-refractivity contribution in [3.8, 4) is 0 Å². The highest BCUT2D eigenvalue weighted by Crippen LogP contribution is 1.93. The predicted molar refractivity (Wildman–Crippen MR) is 63.4 cm³/mol. The Kier molecular flexibility index (Phi) is 7.28. The Morgan fingerprint density at radius 2 is 2.00 bits per heavy atom. The van der Waals surface area contributed by atoms with Gasteiger partial charge in [0.2, 0.25) is 5.91 Å². The highest BCUT2D eigenvalue weighted by molar-refractivity contribution is 5.86. The number of amidine groups is 1. The first kappa shape index (κ1) is 14.7. The lowest BCUT2D eigenvalue weighted by atomic mass is 10.2. The van der Waals surface area contributed by atoms with E-state index in [2.05, 4.69) is 10.5 Å². The average molecular weight is 230 g/mol. The van der Waals surface area contributed by atoms with Crippen LogP contribution in [-0.4, -0.2) is 47.5 Å². The van der Waals surface area contributed by atoms with Gasteiger partial charge in [-0.05, 0) is 20.3 Å². The van der Waals surface area contributed by atoms with E-state index < -0.39 is 0 Å². The summed E-state index contributed by atoms with van der Waals surface area (Å²) in [6, 6.07) is -0.260. The number of nitrogens with two attached hydrogens (primary N) is 1. The molecule has 6 nitrogen and oxygen atoms in total. The number of rotatable bonds is 7. The first-order valence-corrected chi connectivity index (χ1v) is 5.59. The van der Waals surface area contributed by atoms with Crippen molar-refractivity contribution < 1.29 is 10.0 Å². The van der Waals surface area contributed by atoms with Crippen molar-refractivity contribution in [3.05, 3.63) is 0 Å². The quantitative estimate of drug-likeness (QED) is 0.248. The van der Waals surface area contributed by atoms with Gasteiger partial charge in [0.1, 0.15) is 0 Å². The summed E-state index contributed by atoms with van der Waals surface area (Å²) in [6.45, 7) is 7.35. The maximum absolute atomic E-state index is 11.7. The maximum atomic E-state index is 11.7. The molecule has 0 aromatic heterocycles. The third kappa shape index (κ3) is 4.48. The average Bonchev–Trinajstić information content (AvgIpc) is 2.31. The molecular weight excluding hydrogens is 208 g/mol. The van der Waals surface area contributed by atoms with Crippen molar-refractivity contribution >= 4 is 11.7 Å². The van der Waals surface area contributed by atoms with Crippen LogP contribution in [0, 0.1) is 0 Å². The predicted octanol–water partition coefficient (Wildman–Crippen LogP) is -0.0306. The zero-order valence-corrected chi connectivity index (χ0v) is 10.2. The fourth-order valence-corrected chi connectivity index (χ4v) is 1.43. The minimum Gasteiger partial charge on any atom is -0.409 e. The van der Waals surface area contributed by atoms with E-state index in [0.29, 0.717) is 19.5 Å². The smallest absolute Gasteiger partial charge is 0.236 e. The molecule has 1 atom stereocenters. The van der Waals surface area contributed by atoms with Gasteiger partial charge in [-0.2, -0.15) is 0 Å². The van der Waals surface area contributed by atoms with E-state index in [0.717, 1.165) is 0 Å². The van der Waals surface area contributed by atoms with Crippen LogP contribution in [0.3, 0.4) is 0 Å². The third-order valence-corrected chi connectivity index (χ3v) is 2.50. The Morgan fingerprint density at radius 3 is 2.38 bits per heavy atom. The number of oxime groups is 1. The van der Waals surface area contributed by atoms with Gasteiger partial charge in [-0.1, -0.05) is 12.1 Å². The Morgan fingerprint density at radius 1 is 1.44 bits per heavy atom. The topological polar surface area (TPSA) is 91.0 Å². The van der Waals surface area contributed by atoms with Crippen molar-refractivity contribution in [1.29, 1.82) is 0 Å². The van der Waals surface area contributed by atoms with E-state index in [1.807, 2.05) is 20.8 Å². The van der Waals surface area contributed by atoms with Crippen molar-refractivity contribution in [2.75, 3.05) is 19.6 Å². The molecular formula is C10H22N4O2. The van der Waals surface area contributed by atoms with E-state index in [1.54, 1.807) is 4.90 Å². The molecule has 0 aromatic carbocycles. The number of hydrogen-bond acceptors (Lipinski definition) is 4. The van der Waals surface area contributed by atoms with Gasteiger partial charge >= 0.3 is 0 Å². The summed E-state index contributed by atoms with van der Waals surface area (Å²) in [6.07, 6.45) is 0.668. The van der Waals surface area contributed by atoms with E-state index in [9.17, 15) is 4.79 Å². The molecule has 0 spiro atoms. The molecule has 0 saturated heterocycles. The number of carbonyl (C=O) groups excluding carboxylic acids is 1. The zero-order valence-electron chi connectivity index (χ0n) is 10.2. The molecule has 0 aliphatic carbocycles. The second-order valence-corrected chi connectivity index (χ2v) is 3.43.